The van der Waals surface area contributed by atoms with Crippen LogP contribution < -0.4 is 5.32 Å². The lowest BCUT2D eigenvalue weighted by Crippen LogP contribution is -2.04. The first-order chi connectivity index (χ1) is 5.33. The summed E-state index contributed by atoms with van der Waals surface area (Å²) in [5, 5.41) is 2.67. The molecular formula is C7H8F2N2. The van der Waals surface area contributed by atoms with Crippen molar-refractivity contribution in [3.8, 4) is 0 Å². The summed E-state index contributed by atoms with van der Waals surface area (Å²) < 4.78 is 23.8. The molecule has 0 atom stereocenters. The Hall–Kier alpha value is -1.19. The van der Waals surface area contributed by atoms with E-state index >= 15 is 0 Å². The number of pyridine rings is 1. The van der Waals surface area contributed by atoms with Gasteiger partial charge in [0.05, 0.1) is 6.20 Å². The van der Waals surface area contributed by atoms with Crippen LogP contribution in [0.4, 0.5) is 14.6 Å². The summed E-state index contributed by atoms with van der Waals surface area (Å²) in [6.45, 7) is -0.252. The third-order valence-electron chi connectivity index (χ3n) is 1.13. The van der Waals surface area contributed by atoms with Gasteiger partial charge in [-0.2, -0.15) is 0 Å². The molecule has 0 fully saturated rings. The van der Waals surface area contributed by atoms with E-state index in [9.17, 15) is 8.78 Å². The lowest BCUT2D eigenvalue weighted by atomic mass is 10.4. The number of aromatic nitrogens is 1. The molecule has 2 nitrogen and oxygen atoms in total. The summed E-state index contributed by atoms with van der Waals surface area (Å²) >= 11 is 0. The zero-order chi connectivity index (χ0) is 8.10. The average molecular weight is 158 g/mol. The van der Waals surface area contributed by atoms with Gasteiger partial charge in [-0.1, -0.05) is 0 Å². The average Bonchev–Trinajstić information content (AvgIpc) is 2.04. The highest BCUT2D eigenvalue weighted by Crippen LogP contribution is 2.02. The van der Waals surface area contributed by atoms with Crippen molar-refractivity contribution in [1.29, 1.82) is 0 Å². The van der Waals surface area contributed by atoms with E-state index in [1.165, 1.54) is 12.1 Å². The van der Waals surface area contributed by atoms with E-state index in [0.29, 0.717) is 5.82 Å². The fourth-order valence-corrected chi connectivity index (χ4v) is 0.656. The van der Waals surface area contributed by atoms with Gasteiger partial charge >= 0.3 is 0 Å². The Labute approximate surface area is 63.3 Å². The second-order valence-corrected chi connectivity index (χ2v) is 1.98. The number of hydrogen-bond donors (Lipinski definition) is 1. The molecule has 0 aliphatic rings. The highest BCUT2D eigenvalue weighted by Gasteiger charge is 1.92. The monoisotopic (exact) mass is 158 g/mol. The molecule has 11 heavy (non-hydrogen) atoms. The van der Waals surface area contributed by atoms with Crippen LogP contribution in [0.2, 0.25) is 0 Å². The van der Waals surface area contributed by atoms with Crippen molar-refractivity contribution < 1.29 is 8.78 Å². The number of nitrogens with zero attached hydrogens (tertiary/aromatic N) is 1. The van der Waals surface area contributed by atoms with Gasteiger partial charge in [0.25, 0.3) is 0 Å². The third kappa shape index (κ3) is 2.49. The second kappa shape index (κ2) is 3.85. The van der Waals surface area contributed by atoms with Gasteiger partial charge in [-0.05, 0) is 12.1 Å². The molecule has 0 radical (unpaired) electrons. The minimum Gasteiger partial charge on any atom is -0.367 e. The van der Waals surface area contributed by atoms with Crippen molar-refractivity contribution in [2.24, 2.45) is 0 Å². The minimum absolute atomic E-state index is 0.207. The molecule has 0 saturated carbocycles. The van der Waals surface area contributed by atoms with Crippen LogP contribution in [0.3, 0.4) is 0 Å². The van der Waals surface area contributed by atoms with E-state index in [-0.39, 0.29) is 6.54 Å². The maximum atomic E-state index is 12.2. The van der Waals surface area contributed by atoms with Crippen LogP contribution >= 0.6 is 0 Å². The van der Waals surface area contributed by atoms with Crippen LogP contribution in [0, 0.1) is 5.82 Å². The molecule has 0 aliphatic carbocycles. The predicted molar refractivity (Wildman–Crippen MR) is 38.7 cm³/mol. The van der Waals surface area contributed by atoms with Crippen LogP contribution in [-0.2, 0) is 0 Å². The van der Waals surface area contributed by atoms with Crippen molar-refractivity contribution in [1.82, 2.24) is 4.98 Å². The second-order valence-electron chi connectivity index (χ2n) is 1.98. The number of alkyl halides is 1. The van der Waals surface area contributed by atoms with Gasteiger partial charge in [0.15, 0.2) is 0 Å². The van der Waals surface area contributed by atoms with Gasteiger partial charge in [-0.15, -0.1) is 0 Å². The van der Waals surface area contributed by atoms with Crippen molar-refractivity contribution in [2.75, 3.05) is 18.5 Å². The first-order valence-electron chi connectivity index (χ1n) is 3.24. The van der Waals surface area contributed by atoms with Gasteiger partial charge in [0.2, 0.25) is 0 Å². The zero-order valence-corrected chi connectivity index (χ0v) is 5.85. The lowest BCUT2D eigenvalue weighted by Gasteiger charge is -2.00. The SMILES string of the molecule is FCCNc1ccc(F)cn1. The van der Waals surface area contributed by atoms with Gasteiger partial charge in [0.1, 0.15) is 18.3 Å². The van der Waals surface area contributed by atoms with Gasteiger partial charge in [0, 0.05) is 6.54 Å². The van der Waals surface area contributed by atoms with E-state index in [1.807, 2.05) is 0 Å². The number of anilines is 1. The van der Waals surface area contributed by atoms with E-state index in [0.717, 1.165) is 6.20 Å². The predicted octanol–water partition coefficient (Wildman–Crippen LogP) is 1.60. The Kier molecular flexibility index (Phi) is 2.77. The molecule has 0 bridgehead atoms. The Bertz CT molecular complexity index is 210. The molecule has 1 rings (SSSR count). The zero-order valence-electron chi connectivity index (χ0n) is 5.85. The molecule has 0 aromatic carbocycles. The summed E-state index contributed by atoms with van der Waals surface area (Å²) in [5.41, 5.74) is 0. The Balaban J connectivity index is 2.52. The summed E-state index contributed by atoms with van der Waals surface area (Å²) in [5.74, 6) is 0.0971. The quantitative estimate of drug-likeness (QED) is 0.722. The number of hydrogen-bond acceptors (Lipinski definition) is 2. The lowest BCUT2D eigenvalue weighted by molar-refractivity contribution is 0.512. The van der Waals surface area contributed by atoms with Gasteiger partial charge in [-0.25, -0.2) is 13.8 Å². The fourth-order valence-electron chi connectivity index (χ4n) is 0.656. The summed E-state index contributed by atoms with van der Waals surface area (Å²) in [6.07, 6.45) is 1.08. The molecule has 0 spiro atoms. The van der Waals surface area contributed by atoms with Crippen molar-refractivity contribution in [3.63, 3.8) is 0 Å². The van der Waals surface area contributed by atoms with E-state index in [2.05, 4.69) is 10.3 Å². The number of rotatable bonds is 3. The van der Waals surface area contributed by atoms with Crippen molar-refractivity contribution >= 4 is 5.82 Å². The van der Waals surface area contributed by atoms with Crippen molar-refractivity contribution in [2.45, 2.75) is 0 Å². The van der Waals surface area contributed by atoms with Crippen LogP contribution in [0.5, 0.6) is 0 Å². The highest BCUT2D eigenvalue weighted by molar-refractivity contribution is 5.33. The molecule has 1 aromatic heterocycles. The summed E-state index contributed by atoms with van der Waals surface area (Å²) in [4.78, 5) is 3.66. The fraction of sp³-hybridized carbons (Fsp3) is 0.286. The Morgan fingerprint density at radius 1 is 1.45 bits per heavy atom. The normalized spacial score (nSPS) is 9.64. The molecule has 1 heterocycles. The molecule has 0 aliphatic heterocycles. The van der Waals surface area contributed by atoms with Gasteiger partial charge in [-0.3, -0.25) is 0 Å². The molecule has 60 valence electrons. The van der Waals surface area contributed by atoms with Crippen molar-refractivity contribution in [3.05, 3.63) is 24.1 Å². The van der Waals surface area contributed by atoms with E-state index in [4.69, 9.17) is 0 Å². The largest absolute Gasteiger partial charge is 0.367 e. The van der Waals surface area contributed by atoms with Crippen LogP contribution in [-0.4, -0.2) is 18.2 Å². The van der Waals surface area contributed by atoms with E-state index in [1.54, 1.807) is 0 Å². The van der Waals surface area contributed by atoms with Crippen LogP contribution in [0.15, 0.2) is 18.3 Å². The first kappa shape index (κ1) is 7.91. The molecule has 4 heteroatoms. The van der Waals surface area contributed by atoms with Crippen LogP contribution in [0.1, 0.15) is 0 Å². The maximum Gasteiger partial charge on any atom is 0.141 e. The van der Waals surface area contributed by atoms with Gasteiger partial charge < -0.3 is 5.32 Å². The topological polar surface area (TPSA) is 24.9 Å². The number of halogens is 2. The minimum atomic E-state index is -0.459. The van der Waals surface area contributed by atoms with E-state index < -0.39 is 12.5 Å². The third-order valence-corrected chi connectivity index (χ3v) is 1.13. The molecule has 1 aromatic rings. The standard InChI is InChI=1S/C7H8F2N2/c8-3-4-10-7-2-1-6(9)5-11-7/h1-2,5H,3-4H2,(H,10,11). The Morgan fingerprint density at radius 2 is 2.27 bits per heavy atom. The maximum absolute atomic E-state index is 12.2. The molecule has 0 unspecified atom stereocenters. The summed E-state index contributed by atoms with van der Waals surface area (Å²) in [6, 6.07) is 2.73. The highest BCUT2D eigenvalue weighted by atomic mass is 19.1. The molecule has 1 N–H and O–H groups in total. The molecular weight excluding hydrogens is 150 g/mol. The summed E-state index contributed by atoms with van der Waals surface area (Å²) in [7, 11) is 0. The molecule has 0 saturated heterocycles. The Morgan fingerprint density at radius 3 is 2.82 bits per heavy atom. The number of nitrogens with one attached hydrogen (secondary N) is 1. The smallest absolute Gasteiger partial charge is 0.141 e. The van der Waals surface area contributed by atoms with Crippen LogP contribution in [0.25, 0.3) is 0 Å². The first-order valence-corrected chi connectivity index (χ1v) is 3.24. The molecule has 0 amide bonds.